The first-order chi connectivity index (χ1) is 8.74. The molecule has 0 radical (unpaired) electrons. The molecule has 1 aliphatic rings. The van der Waals surface area contributed by atoms with E-state index in [1.54, 1.807) is 17.5 Å². The fourth-order valence-corrected chi connectivity index (χ4v) is 3.29. The maximum atomic E-state index is 5.75. The molecule has 18 heavy (non-hydrogen) atoms. The zero-order valence-corrected chi connectivity index (χ0v) is 12.2. The number of hydrogen-bond donors (Lipinski definition) is 1. The summed E-state index contributed by atoms with van der Waals surface area (Å²) in [6, 6.07) is 6.81. The summed E-state index contributed by atoms with van der Waals surface area (Å²) in [6.45, 7) is 0.928. The largest absolute Gasteiger partial charge is 0.397 e. The number of pyridine rings is 1. The predicted molar refractivity (Wildman–Crippen MR) is 79.9 cm³/mol. The standard InChI is InChI=1S/C13H14BrN3S/c14-12-6-9(15)7-16-13(12)17(10-3-4-10)8-11-2-1-5-18-11/h1-2,5-7,10H,3-4,8,15H2. The summed E-state index contributed by atoms with van der Waals surface area (Å²) in [4.78, 5) is 8.22. The van der Waals surface area contributed by atoms with Crippen molar-refractivity contribution in [1.82, 2.24) is 4.98 Å². The Kier molecular flexibility index (Phi) is 3.26. The van der Waals surface area contributed by atoms with Crippen molar-refractivity contribution >= 4 is 38.8 Å². The van der Waals surface area contributed by atoms with Crippen molar-refractivity contribution in [2.24, 2.45) is 0 Å². The third-order valence-corrected chi connectivity index (χ3v) is 4.45. The van der Waals surface area contributed by atoms with Crippen LogP contribution in [-0.4, -0.2) is 11.0 Å². The van der Waals surface area contributed by atoms with E-state index in [4.69, 9.17) is 5.73 Å². The molecule has 0 spiro atoms. The van der Waals surface area contributed by atoms with Crippen LogP contribution in [-0.2, 0) is 6.54 Å². The molecule has 0 aromatic carbocycles. The monoisotopic (exact) mass is 323 g/mol. The van der Waals surface area contributed by atoms with Gasteiger partial charge in [-0.25, -0.2) is 4.98 Å². The van der Waals surface area contributed by atoms with E-state index in [1.807, 2.05) is 6.07 Å². The van der Waals surface area contributed by atoms with Crippen LogP contribution >= 0.6 is 27.3 Å². The Labute approximate surface area is 119 Å². The second kappa shape index (κ2) is 4.90. The van der Waals surface area contributed by atoms with Gasteiger partial charge in [-0.2, -0.15) is 0 Å². The lowest BCUT2D eigenvalue weighted by Crippen LogP contribution is -2.26. The molecule has 2 N–H and O–H groups in total. The van der Waals surface area contributed by atoms with Gasteiger partial charge in [-0.15, -0.1) is 11.3 Å². The Balaban J connectivity index is 1.89. The first kappa shape index (κ1) is 12.0. The highest BCUT2D eigenvalue weighted by Gasteiger charge is 2.31. The SMILES string of the molecule is Nc1cnc(N(Cc2cccs2)C2CC2)c(Br)c1. The summed E-state index contributed by atoms with van der Waals surface area (Å²) in [6.07, 6.45) is 4.23. The molecule has 0 saturated heterocycles. The molecule has 0 atom stereocenters. The minimum atomic E-state index is 0.625. The highest BCUT2D eigenvalue weighted by Crippen LogP contribution is 2.36. The zero-order valence-electron chi connectivity index (χ0n) is 9.84. The predicted octanol–water partition coefficient (Wildman–Crippen LogP) is 3.66. The molecule has 1 fully saturated rings. The van der Waals surface area contributed by atoms with Crippen molar-refractivity contribution in [1.29, 1.82) is 0 Å². The number of hydrogen-bond acceptors (Lipinski definition) is 4. The molecule has 0 bridgehead atoms. The highest BCUT2D eigenvalue weighted by atomic mass is 79.9. The number of thiophene rings is 1. The summed E-state index contributed by atoms with van der Waals surface area (Å²) in [7, 11) is 0. The smallest absolute Gasteiger partial charge is 0.143 e. The minimum absolute atomic E-state index is 0.625. The number of anilines is 2. The summed E-state index contributed by atoms with van der Waals surface area (Å²) < 4.78 is 0.978. The Morgan fingerprint density at radius 1 is 1.50 bits per heavy atom. The van der Waals surface area contributed by atoms with E-state index in [0.29, 0.717) is 11.7 Å². The van der Waals surface area contributed by atoms with E-state index in [0.717, 1.165) is 16.8 Å². The van der Waals surface area contributed by atoms with Crippen molar-refractivity contribution in [3.05, 3.63) is 39.1 Å². The average Bonchev–Trinajstić information content (AvgIpc) is 3.05. The van der Waals surface area contributed by atoms with Gasteiger partial charge in [0.2, 0.25) is 0 Å². The highest BCUT2D eigenvalue weighted by molar-refractivity contribution is 9.10. The Bertz CT molecular complexity index is 537. The van der Waals surface area contributed by atoms with Crippen LogP contribution in [0, 0.1) is 0 Å². The van der Waals surface area contributed by atoms with Crippen LogP contribution in [0.25, 0.3) is 0 Å². The molecule has 3 nitrogen and oxygen atoms in total. The summed E-state index contributed by atoms with van der Waals surface area (Å²) >= 11 is 5.36. The Hall–Kier alpha value is -1.07. The van der Waals surface area contributed by atoms with Crippen molar-refractivity contribution < 1.29 is 0 Å². The summed E-state index contributed by atoms with van der Waals surface area (Å²) in [5.74, 6) is 1.00. The van der Waals surface area contributed by atoms with E-state index < -0.39 is 0 Å². The van der Waals surface area contributed by atoms with E-state index in [2.05, 4.69) is 43.3 Å². The van der Waals surface area contributed by atoms with Gasteiger partial charge in [0.1, 0.15) is 5.82 Å². The molecule has 94 valence electrons. The van der Waals surface area contributed by atoms with E-state index in [9.17, 15) is 0 Å². The van der Waals surface area contributed by atoms with Gasteiger partial charge in [-0.3, -0.25) is 0 Å². The normalized spacial score (nSPS) is 14.7. The van der Waals surface area contributed by atoms with Crippen LogP contribution < -0.4 is 10.6 Å². The lowest BCUT2D eigenvalue weighted by molar-refractivity contribution is 0.784. The second-order valence-electron chi connectivity index (χ2n) is 4.51. The molecule has 1 saturated carbocycles. The number of nitrogens with two attached hydrogens (primary N) is 1. The number of nitrogen functional groups attached to an aromatic ring is 1. The zero-order chi connectivity index (χ0) is 12.5. The average molecular weight is 324 g/mol. The van der Waals surface area contributed by atoms with Gasteiger partial charge in [-0.1, -0.05) is 6.07 Å². The van der Waals surface area contributed by atoms with Crippen LogP contribution in [0.4, 0.5) is 11.5 Å². The van der Waals surface area contributed by atoms with Crippen molar-refractivity contribution in [2.45, 2.75) is 25.4 Å². The van der Waals surface area contributed by atoms with Gasteiger partial charge in [0.05, 0.1) is 22.9 Å². The lowest BCUT2D eigenvalue weighted by atomic mass is 10.3. The van der Waals surface area contributed by atoms with Gasteiger partial charge in [-0.05, 0) is 46.3 Å². The van der Waals surface area contributed by atoms with E-state index in [1.165, 1.54) is 17.7 Å². The maximum absolute atomic E-state index is 5.75. The van der Waals surface area contributed by atoms with Gasteiger partial charge < -0.3 is 10.6 Å². The molecule has 0 amide bonds. The molecule has 2 aromatic rings. The minimum Gasteiger partial charge on any atom is -0.397 e. The fraction of sp³-hybridized carbons (Fsp3) is 0.308. The Morgan fingerprint density at radius 2 is 2.33 bits per heavy atom. The number of halogens is 1. The van der Waals surface area contributed by atoms with Gasteiger partial charge in [0.15, 0.2) is 0 Å². The van der Waals surface area contributed by atoms with Crippen LogP contribution in [0.15, 0.2) is 34.2 Å². The fourth-order valence-electron chi connectivity index (χ4n) is 1.99. The summed E-state index contributed by atoms with van der Waals surface area (Å²) in [5, 5.41) is 2.12. The first-order valence-electron chi connectivity index (χ1n) is 5.94. The molecular weight excluding hydrogens is 310 g/mol. The van der Waals surface area contributed by atoms with Gasteiger partial charge >= 0.3 is 0 Å². The van der Waals surface area contributed by atoms with Crippen molar-refractivity contribution in [3.63, 3.8) is 0 Å². The molecule has 2 aromatic heterocycles. The van der Waals surface area contributed by atoms with Crippen molar-refractivity contribution in [2.75, 3.05) is 10.6 Å². The van der Waals surface area contributed by atoms with Gasteiger partial charge in [0.25, 0.3) is 0 Å². The van der Waals surface area contributed by atoms with Crippen LogP contribution in [0.1, 0.15) is 17.7 Å². The number of aromatic nitrogens is 1. The second-order valence-corrected chi connectivity index (χ2v) is 6.40. The van der Waals surface area contributed by atoms with Crippen LogP contribution in [0.2, 0.25) is 0 Å². The van der Waals surface area contributed by atoms with Gasteiger partial charge in [0, 0.05) is 10.9 Å². The third-order valence-electron chi connectivity index (χ3n) is 3.01. The number of rotatable bonds is 4. The quantitative estimate of drug-likeness (QED) is 0.933. The topological polar surface area (TPSA) is 42.1 Å². The molecule has 2 heterocycles. The van der Waals surface area contributed by atoms with Crippen molar-refractivity contribution in [3.8, 4) is 0 Å². The number of nitrogens with zero attached hydrogens (tertiary/aromatic N) is 2. The van der Waals surface area contributed by atoms with Crippen LogP contribution in [0.5, 0.6) is 0 Å². The third kappa shape index (κ3) is 2.52. The molecular formula is C13H14BrN3S. The Morgan fingerprint density at radius 3 is 2.94 bits per heavy atom. The molecule has 5 heteroatoms. The molecule has 0 aliphatic heterocycles. The maximum Gasteiger partial charge on any atom is 0.143 e. The van der Waals surface area contributed by atoms with E-state index >= 15 is 0 Å². The van der Waals surface area contributed by atoms with E-state index in [-0.39, 0.29) is 0 Å². The lowest BCUT2D eigenvalue weighted by Gasteiger charge is -2.24. The summed E-state index contributed by atoms with van der Waals surface area (Å²) in [5.41, 5.74) is 6.44. The molecule has 3 rings (SSSR count). The molecule has 0 unspecified atom stereocenters. The molecule has 1 aliphatic carbocycles. The first-order valence-corrected chi connectivity index (χ1v) is 7.61. The van der Waals surface area contributed by atoms with Crippen LogP contribution in [0.3, 0.4) is 0 Å².